The Morgan fingerprint density at radius 1 is 0.942 bits per heavy atom. The van der Waals surface area contributed by atoms with Crippen LogP contribution in [-0.2, 0) is 27.2 Å². The molecule has 52 heavy (non-hydrogen) atoms. The van der Waals surface area contributed by atoms with E-state index in [1.54, 1.807) is 13.2 Å². The van der Waals surface area contributed by atoms with Gasteiger partial charge in [0.1, 0.15) is 23.1 Å². The second kappa shape index (κ2) is 17.0. The maximum Gasteiger partial charge on any atom is 0.348 e. The summed E-state index contributed by atoms with van der Waals surface area (Å²) in [5, 5.41) is 4.17. The van der Waals surface area contributed by atoms with E-state index in [1.807, 2.05) is 54.6 Å². The smallest absolute Gasteiger partial charge is 0.348 e. The molecule has 2 bridgehead atoms. The van der Waals surface area contributed by atoms with E-state index < -0.39 is 18.1 Å². The van der Waals surface area contributed by atoms with Crippen molar-refractivity contribution in [3.63, 3.8) is 0 Å². The molecule has 0 radical (unpaired) electrons. The number of ether oxygens (including phenoxy) is 4. The second-order valence-corrected chi connectivity index (χ2v) is 15.7. The fourth-order valence-electron chi connectivity index (χ4n) is 7.43. The molecule has 2 aromatic heterocycles. The molecule has 3 atom stereocenters. The first-order valence-electron chi connectivity index (χ1n) is 18.0. The highest BCUT2D eigenvalue weighted by atomic mass is 35.5. The Hall–Kier alpha value is -3.67. The summed E-state index contributed by atoms with van der Waals surface area (Å²) in [5.41, 5.74) is 2.17. The number of carbonyl (C=O) groups excluding carboxylic acids is 2. The van der Waals surface area contributed by atoms with Crippen LogP contribution in [0.2, 0.25) is 10.0 Å². The van der Waals surface area contributed by atoms with Crippen molar-refractivity contribution < 1.29 is 28.5 Å². The number of carbonyl (C=O) groups is 2. The fraction of sp³-hybridized carbons (Fsp3) is 0.425. The van der Waals surface area contributed by atoms with E-state index in [0.29, 0.717) is 44.4 Å². The zero-order valence-electron chi connectivity index (χ0n) is 29.1. The minimum Gasteiger partial charge on any atom is -0.493 e. The van der Waals surface area contributed by atoms with E-state index in [9.17, 15) is 9.59 Å². The van der Waals surface area contributed by atoms with Crippen LogP contribution in [-0.4, -0.2) is 60.8 Å². The summed E-state index contributed by atoms with van der Waals surface area (Å²) < 4.78 is 24.3. The van der Waals surface area contributed by atoms with E-state index in [2.05, 4.69) is 15.2 Å². The number of piperidine rings is 3. The Bertz CT molecular complexity index is 1820. The number of nitrogens with one attached hydrogen (secondary N) is 1. The van der Waals surface area contributed by atoms with Crippen molar-refractivity contribution in [2.45, 2.75) is 75.8 Å². The van der Waals surface area contributed by atoms with Crippen molar-refractivity contribution in [2.24, 2.45) is 5.92 Å². The topological polar surface area (TPSA) is 99.2 Å². The van der Waals surface area contributed by atoms with Crippen molar-refractivity contribution in [1.82, 2.24) is 15.2 Å². The Morgan fingerprint density at radius 2 is 1.69 bits per heavy atom. The fourth-order valence-corrected chi connectivity index (χ4v) is 8.79. The largest absolute Gasteiger partial charge is 0.493 e. The Kier molecular flexibility index (Phi) is 12.0. The Labute approximate surface area is 318 Å². The first-order valence-corrected chi connectivity index (χ1v) is 19.5. The summed E-state index contributed by atoms with van der Waals surface area (Å²) in [6.07, 6.45) is 8.89. The van der Waals surface area contributed by atoms with Gasteiger partial charge in [0, 0.05) is 36.8 Å². The highest BCUT2D eigenvalue weighted by Gasteiger charge is 2.38. The van der Waals surface area contributed by atoms with Crippen LogP contribution in [0.1, 0.15) is 81.9 Å². The molecule has 3 saturated heterocycles. The van der Waals surface area contributed by atoms with Gasteiger partial charge < -0.3 is 18.9 Å². The Balaban J connectivity index is 1.07. The molecule has 4 aliphatic rings. The van der Waals surface area contributed by atoms with Gasteiger partial charge in [0.15, 0.2) is 11.5 Å². The summed E-state index contributed by atoms with van der Waals surface area (Å²) in [4.78, 5) is 35.2. The molecule has 1 N–H and O–H groups in total. The zero-order valence-corrected chi connectivity index (χ0v) is 31.4. The van der Waals surface area contributed by atoms with Crippen molar-refractivity contribution in [1.29, 1.82) is 0 Å². The number of nitrogens with zero attached hydrogens (tertiary/aromatic N) is 2. The first kappa shape index (κ1) is 36.7. The van der Waals surface area contributed by atoms with E-state index >= 15 is 0 Å². The third-order valence-electron chi connectivity index (χ3n) is 10.3. The Morgan fingerprint density at radius 3 is 2.38 bits per heavy atom. The lowest BCUT2D eigenvalue weighted by molar-refractivity contribution is -0.161. The number of fused-ring (bicyclic) bond motifs is 3. The molecule has 274 valence electrons. The van der Waals surface area contributed by atoms with Crippen molar-refractivity contribution in [3.8, 4) is 11.5 Å². The molecule has 0 amide bonds. The van der Waals surface area contributed by atoms with Crippen LogP contribution in [0.4, 0.5) is 0 Å². The van der Waals surface area contributed by atoms with Gasteiger partial charge in [-0.3, -0.25) is 15.2 Å². The van der Waals surface area contributed by atoms with Gasteiger partial charge in [-0.1, -0.05) is 59.6 Å². The number of pyridine rings is 1. The number of thiophene rings is 1. The van der Waals surface area contributed by atoms with Crippen LogP contribution >= 0.6 is 34.5 Å². The lowest BCUT2D eigenvalue weighted by Crippen LogP contribution is -2.52. The molecule has 9 nitrogen and oxygen atoms in total. The molecule has 2 aromatic carbocycles. The number of hydrogen-bond acceptors (Lipinski definition) is 10. The van der Waals surface area contributed by atoms with Crippen LogP contribution in [0.15, 0.2) is 73.1 Å². The molecule has 5 heterocycles. The summed E-state index contributed by atoms with van der Waals surface area (Å²) in [5.74, 6) is 0.850. The standard InChI is InChI=1S/C40H43Cl2N3O6S/c1-48-33-13-11-27(19-35(33)49-28-9-5-6-10-28)34(20-30-31(41)22-43-23-32(30)42)50-39(46)37-14-12-29(52-37)21-44-38(26-7-3-2-4-8-26)40(47)51-36-24-45-17-15-25(36)16-18-45/h2-4,7-8,11-14,19,22-23,25,28,34,36,38,44H,5-6,9-10,15-18,20-21,24H2,1H3/t34?,36-,38?/m0/s1. The number of esters is 2. The number of hydrogen-bond donors (Lipinski definition) is 1. The van der Waals surface area contributed by atoms with Crippen LogP contribution < -0.4 is 14.8 Å². The molecule has 12 heteroatoms. The number of rotatable bonds is 14. The lowest BCUT2D eigenvalue weighted by Gasteiger charge is -2.44. The SMILES string of the molecule is COc1ccc(C(Cc2c(Cl)cncc2Cl)OC(=O)c2ccc(CNC(C(=O)O[C@H]3CN4CCC3CC4)c3ccccc3)s2)cc1OC1CCCC1. The molecule has 1 saturated carbocycles. The highest BCUT2D eigenvalue weighted by Crippen LogP contribution is 2.38. The minimum atomic E-state index is -0.742. The molecular formula is C40H43Cl2N3O6S. The monoisotopic (exact) mass is 763 g/mol. The van der Waals surface area contributed by atoms with Crippen molar-refractivity contribution >= 4 is 46.5 Å². The number of benzene rings is 2. The molecule has 8 rings (SSSR count). The maximum atomic E-state index is 13.8. The van der Waals surface area contributed by atoms with Gasteiger partial charge in [-0.15, -0.1) is 11.3 Å². The zero-order chi connectivity index (χ0) is 36.0. The van der Waals surface area contributed by atoms with E-state index in [1.165, 1.54) is 23.7 Å². The van der Waals surface area contributed by atoms with Gasteiger partial charge in [0.25, 0.3) is 0 Å². The lowest BCUT2D eigenvalue weighted by atomic mass is 9.86. The van der Waals surface area contributed by atoms with Crippen LogP contribution in [0.25, 0.3) is 0 Å². The third kappa shape index (κ3) is 8.75. The predicted octanol–water partition coefficient (Wildman–Crippen LogP) is 8.39. The molecule has 0 spiro atoms. The average molecular weight is 765 g/mol. The molecule has 3 aliphatic heterocycles. The molecule has 1 aliphatic carbocycles. The van der Waals surface area contributed by atoms with Crippen LogP contribution in [0.3, 0.4) is 0 Å². The van der Waals surface area contributed by atoms with Gasteiger partial charge in [-0.2, -0.15) is 0 Å². The maximum absolute atomic E-state index is 13.8. The van der Waals surface area contributed by atoms with Gasteiger partial charge in [0.05, 0.1) is 23.3 Å². The van der Waals surface area contributed by atoms with Gasteiger partial charge >= 0.3 is 11.9 Å². The van der Waals surface area contributed by atoms with E-state index in [4.69, 9.17) is 42.1 Å². The van der Waals surface area contributed by atoms with E-state index in [-0.39, 0.29) is 24.6 Å². The quantitative estimate of drug-likeness (QED) is 0.127. The summed E-state index contributed by atoms with van der Waals surface area (Å²) in [6.45, 7) is 3.30. The minimum absolute atomic E-state index is 0.0907. The highest BCUT2D eigenvalue weighted by molar-refractivity contribution is 7.13. The summed E-state index contributed by atoms with van der Waals surface area (Å²) in [7, 11) is 1.61. The number of halogens is 2. The van der Waals surface area contributed by atoms with Gasteiger partial charge in [0.2, 0.25) is 0 Å². The van der Waals surface area contributed by atoms with Crippen LogP contribution in [0.5, 0.6) is 11.5 Å². The number of methoxy groups -OCH3 is 1. The van der Waals surface area contributed by atoms with Crippen molar-refractivity contribution in [3.05, 3.63) is 110 Å². The molecule has 2 unspecified atom stereocenters. The summed E-state index contributed by atoms with van der Waals surface area (Å²) >= 11 is 14.4. The predicted molar refractivity (Wildman–Crippen MR) is 201 cm³/mol. The van der Waals surface area contributed by atoms with E-state index in [0.717, 1.165) is 74.2 Å². The molecular weight excluding hydrogens is 721 g/mol. The normalized spacial score (nSPS) is 21.0. The van der Waals surface area contributed by atoms with Crippen molar-refractivity contribution in [2.75, 3.05) is 26.7 Å². The van der Waals surface area contributed by atoms with Gasteiger partial charge in [-0.25, -0.2) is 9.59 Å². The van der Waals surface area contributed by atoms with Gasteiger partial charge in [-0.05, 0) is 98.5 Å². The number of aromatic nitrogens is 1. The summed E-state index contributed by atoms with van der Waals surface area (Å²) in [6, 6.07) is 18.2. The second-order valence-electron chi connectivity index (χ2n) is 13.7. The average Bonchev–Trinajstić information content (AvgIpc) is 3.87. The first-order chi connectivity index (χ1) is 25.3. The third-order valence-corrected chi connectivity index (χ3v) is 12.0. The molecule has 4 fully saturated rings. The van der Waals surface area contributed by atoms with Crippen LogP contribution in [0, 0.1) is 5.92 Å². The molecule has 4 aromatic rings.